The van der Waals surface area contributed by atoms with Gasteiger partial charge in [-0.15, -0.1) is 0 Å². The molecule has 8 nitrogen and oxygen atoms in total. The fourth-order valence-corrected chi connectivity index (χ4v) is 3.40. The number of imidazole rings is 1. The molecule has 1 aliphatic carbocycles. The Kier molecular flexibility index (Phi) is 6.88. The van der Waals surface area contributed by atoms with Gasteiger partial charge in [0.05, 0.1) is 24.1 Å². The van der Waals surface area contributed by atoms with Crippen molar-refractivity contribution in [3.05, 3.63) is 29.7 Å². The number of fused-ring (bicyclic) bond motifs is 1. The minimum atomic E-state index is -2.69. The van der Waals surface area contributed by atoms with Gasteiger partial charge in [-0.25, -0.2) is 27.1 Å². The standard InChI is InChI=1S/C18H23F4N5O3/c19-13(20)8-30-9-15(28)26-17(29)11-5-14-25-12(7-27(14)24-6-11)16(23)10-1-3-18(21,22)4-2-10/h5-7,10,13,16-17,29H,1-4,8-9,23H2,(H,26,28)/t16-,17+/m0/s1. The number of aromatic nitrogens is 3. The smallest absolute Gasteiger partial charge is 0.261 e. The maximum Gasteiger partial charge on any atom is 0.261 e. The van der Waals surface area contributed by atoms with Crippen molar-refractivity contribution in [1.29, 1.82) is 0 Å². The fraction of sp³-hybridized carbons (Fsp3) is 0.611. The Labute approximate surface area is 169 Å². The summed E-state index contributed by atoms with van der Waals surface area (Å²) in [5.41, 5.74) is 7.29. The van der Waals surface area contributed by atoms with E-state index in [1.807, 2.05) is 0 Å². The van der Waals surface area contributed by atoms with Crippen LogP contribution in [0.5, 0.6) is 0 Å². The summed E-state index contributed by atoms with van der Waals surface area (Å²) < 4.78 is 56.7. The molecule has 0 aromatic carbocycles. The summed E-state index contributed by atoms with van der Waals surface area (Å²) in [6.07, 6.45) is -1.03. The van der Waals surface area contributed by atoms with Gasteiger partial charge in [-0.3, -0.25) is 4.79 Å². The Morgan fingerprint density at radius 1 is 1.40 bits per heavy atom. The molecule has 1 amide bonds. The zero-order valence-corrected chi connectivity index (χ0v) is 16.0. The lowest BCUT2D eigenvalue weighted by Crippen LogP contribution is -2.32. The van der Waals surface area contributed by atoms with Gasteiger partial charge in [0.1, 0.15) is 13.2 Å². The number of halogens is 4. The van der Waals surface area contributed by atoms with Gasteiger partial charge in [0.2, 0.25) is 11.8 Å². The highest BCUT2D eigenvalue weighted by atomic mass is 19.3. The lowest BCUT2D eigenvalue weighted by atomic mass is 9.81. The maximum absolute atomic E-state index is 13.4. The van der Waals surface area contributed by atoms with E-state index in [-0.39, 0.29) is 24.3 Å². The van der Waals surface area contributed by atoms with Crippen LogP contribution in [0.25, 0.3) is 5.65 Å². The number of hydrogen-bond donors (Lipinski definition) is 3. The van der Waals surface area contributed by atoms with Gasteiger partial charge in [-0.05, 0) is 24.8 Å². The summed E-state index contributed by atoms with van der Waals surface area (Å²) in [5.74, 6) is -3.54. The van der Waals surface area contributed by atoms with Crippen molar-refractivity contribution in [2.24, 2.45) is 11.7 Å². The molecular formula is C18H23F4N5O3. The molecule has 4 N–H and O–H groups in total. The summed E-state index contributed by atoms with van der Waals surface area (Å²) in [5, 5.41) is 16.4. The molecule has 1 saturated carbocycles. The van der Waals surface area contributed by atoms with E-state index in [9.17, 15) is 27.5 Å². The Morgan fingerprint density at radius 2 is 2.10 bits per heavy atom. The van der Waals surface area contributed by atoms with Crippen LogP contribution in [0, 0.1) is 5.92 Å². The maximum atomic E-state index is 13.4. The number of hydrogen-bond acceptors (Lipinski definition) is 6. The Bertz CT molecular complexity index is 869. The van der Waals surface area contributed by atoms with E-state index in [0.29, 0.717) is 24.2 Å². The van der Waals surface area contributed by atoms with Crippen LogP contribution >= 0.6 is 0 Å². The van der Waals surface area contributed by atoms with Crippen LogP contribution in [0.3, 0.4) is 0 Å². The Balaban J connectivity index is 1.63. The average molecular weight is 433 g/mol. The van der Waals surface area contributed by atoms with E-state index >= 15 is 0 Å². The lowest BCUT2D eigenvalue weighted by molar-refractivity contribution is -0.130. The molecule has 166 valence electrons. The molecule has 0 aliphatic heterocycles. The van der Waals surface area contributed by atoms with Gasteiger partial charge in [-0.2, -0.15) is 5.10 Å². The van der Waals surface area contributed by atoms with Crippen molar-refractivity contribution in [2.45, 2.75) is 50.3 Å². The first-order valence-electron chi connectivity index (χ1n) is 9.46. The largest absolute Gasteiger partial charge is 0.369 e. The monoisotopic (exact) mass is 433 g/mol. The number of carbonyl (C=O) groups excluding carboxylic acids is 1. The first-order chi connectivity index (χ1) is 14.1. The Morgan fingerprint density at radius 3 is 2.77 bits per heavy atom. The predicted octanol–water partition coefficient (Wildman–Crippen LogP) is 1.94. The number of nitrogens with two attached hydrogens (primary N) is 1. The number of alkyl halides is 4. The fourth-order valence-electron chi connectivity index (χ4n) is 3.40. The molecule has 30 heavy (non-hydrogen) atoms. The summed E-state index contributed by atoms with van der Waals surface area (Å²) in [6, 6.07) is 0.950. The highest BCUT2D eigenvalue weighted by Crippen LogP contribution is 2.40. The van der Waals surface area contributed by atoms with Crippen LogP contribution < -0.4 is 11.1 Å². The SMILES string of the molecule is N[C@H](c1cn2ncc([C@@H](O)NC(=O)COCC(F)F)cc2n1)C1CCC(F)(F)CC1. The molecular weight excluding hydrogens is 410 g/mol. The predicted molar refractivity (Wildman–Crippen MR) is 96.7 cm³/mol. The van der Waals surface area contributed by atoms with Gasteiger partial charge in [0.25, 0.3) is 6.43 Å². The molecule has 0 unspecified atom stereocenters. The molecule has 0 saturated heterocycles. The molecule has 0 spiro atoms. The van der Waals surface area contributed by atoms with Crippen LogP contribution in [0.15, 0.2) is 18.5 Å². The van der Waals surface area contributed by atoms with Gasteiger partial charge < -0.3 is 20.9 Å². The van der Waals surface area contributed by atoms with Crippen molar-refractivity contribution < 1.29 is 32.2 Å². The minimum absolute atomic E-state index is 0.118. The van der Waals surface area contributed by atoms with Crippen LogP contribution in [0.4, 0.5) is 17.6 Å². The van der Waals surface area contributed by atoms with E-state index in [0.717, 1.165) is 0 Å². The van der Waals surface area contributed by atoms with E-state index in [1.165, 1.54) is 16.8 Å². The first kappa shape index (κ1) is 22.4. The highest BCUT2D eigenvalue weighted by Gasteiger charge is 2.37. The van der Waals surface area contributed by atoms with Crippen molar-refractivity contribution in [3.8, 4) is 0 Å². The summed E-state index contributed by atoms with van der Waals surface area (Å²) in [7, 11) is 0. The summed E-state index contributed by atoms with van der Waals surface area (Å²) in [6.45, 7) is -1.51. The molecule has 12 heteroatoms. The molecule has 1 aliphatic rings. The molecule has 1 fully saturated rings. The number of aliphatic hydroxyl groups is 1. The topological polar surface area (TPSA) is 115 Å². The quantitative estimate of drug-likeness (QED) is 0.433. The third kappa shape index (κ3) is 5.64. The molecule has 2 atom stereocenters. The zero-order valence-electron chi connectivity index (χ0n) is 16.0. The van der Waals surface area contributed by atoms with Gasteiger partial charge in [-0.1, -0.05) is 0 Å². The normalized spacial score (nSPS) is 19.2. The molecule has 2 aromatic heterocycles. The minimum Gasteiger partial charge on any atom is -0.369 e. The number of rotatable bonds is 8. The van der Waals surface area contributed by atoms with Crippen LogP contribution in [-0.2, 0) is 9.53 Å². The third-order valence-corrected chi connectivity index (χ3v) is 5.06. The highest BCUT2D eigenvalue weighted by molar-refractivity contribution is 5.77. The molecule has 2 heterocycles. The molecule has 2 aromatic rings. The van der Waals surface area contributed by atoms with Crippen molar-refractivity contribution >= 4 is 11.6 Å². The van der Waals surface area contributed by atoms with Gasteiger partial charge in [0.15, 0.2) is 11.9 Å². The number of nitrogens with one attached hydrogen (secondary N) is 1. The lowest BCUT2D eigenvalue weighted by Gasteiger charge is -2.31. The number of aliphatic hydroxyl groups excluding tert-OH is 1. The van der Waals surface area contributed by atoms with Crippen molar-refractivity contribution in [3.63, 3.8) is 0 Å². The van der Waals surface area contributed by atoms with Crippen LogP contribution in [-0.4, -0.2) is 51.2 Å². The van der Waals surface area contributed by atoms with E-state index < -0.39 is 43.7 Å². The third-order valence-electron chi connectivity index (χ3n) is 5.06. The van der Waals surface area contributed by atoms with Crippen LogP contribution in [0.1, 0.15) is 49.2 Å². The van der Waals surface area contributed by atoms with Crippen molar-refractivity contribution in [1.82, 2.24) is 19.9 Å². The van der Waals surface area contributed by atoms with E-state index in [2.05, 4.69) is 20.1 Å². The van der Waals surface area contributed by atoms with E-state index in [1.54, 1.807) is 6.20 Å². The Hall–Kier alpha value is -2.31. The number of amides is 1. The summed E-state index contributed by atoms with van der Waals surface area (Å²) >= 11 is 0. The molecule has 0 bridgehead atoms. The second-order valence-corrected chi connectivity index (χ2v) is 7.35. The van der Waals surface area contributed by atoms with Crippen molar-refractivity contribution in [2.75, 3.05) is 13.2 Å². The molecule has 0 radical (unpaired) electrons. The van der Waals surface area contributed by atoms with Gasteiger partial charge >= 0.3 is 0 Å². The molecule has 3 rings (SSSR count). The van der Waals surface area contributed by atoms with E-state index in [4.69, 9.17) is 5.73 Å². The second kappa shape index (κ2) is 9.23. The van der Waals surface area contributed by atoms with Gasteiger partial charge in [0, 0.05) is 18.4 Å². The number of carbonyl (C=O) groups is 1. The zero-order chi connectivity index (χ0) is 21.9. The average Bonchev–Trinajstić information content (AvgIpc) is 3.10. The first-order valence-corrected chi connectivity index (χ1v) is 9.46. The van der Waals surface area contributed by atoms with Crippen LogP contribution in [0.2, 0.25) is 0 Å². The number of ether oxygens (including phenoxy) is 1. The summed E-state index contributed by atoms with van der Waals surface area (Å²) in [4.78, 5) is 16.0. The number of nitrogens with zero attached hydrogens (tertiary/aromatic N) is 3. The second-order valence-electron chi connectivity index (χ2n) is 7.35.